The summed E-state index contributed by atoms with van der Waals surface area (Å²) >= 11 is 0. The molecule has 1 nitrogen and oxygen atoms in total. The van der Waals surface area contributed by atoms with Crippen molar-refractivity contribution in [1.29, 1.82) is 0 Å². The maximum Gasteiger partial charge on any atom is -0.00207 e. The molecular formula is C13H27N. The molecule has 0 saturated carbocycles. The third kappa shape index (κ3) is 8.31. The van der Waals surface area contributed by atoms with Crippen LogP contribution in [0.25, 0.3) is 0 Å². The molecule has 84 valence electrons. The van der Waals surface area contributed by atoms with Gasteiger partial charge in [0.05, 0.1) is 0 Å². The summed E-state index contributed by atoms with van der Waals surface area (Å²) in [6.45, 7) is 13.0. The van der Waals surface area contributed by atoms with Gasteiger partial charge in [0.25, 0.3) is 0 Å². The first-order valence-corrected chi connectivity index (χ1v) is 6.00. The van der Waals surface area contributed by atoms with Crippen molar-refractivity contribution >= 4 is 0 Å². The predicted octanol–water partition coefficient (Wildman–Crippen LogP) is 3.61. The number of unbranched alkanes of at least 4 members (excludes halogenated alkanes) is 3. The smallest absolute Gasteiger partial charge is 0.00207 e. The van der Waals surface area contributed by atoms with Crippen molar-refractivity contribution < 1.29 is 0 Å². The van der Waals surface area contributed by atoms with Crippen molar-refractivity contribution in [2.24, 2.45) is 11.8 Å². The first-order valence-electron chi connectivity index (χ1n) is 6.00. The summed E-state index contributed by atoms with van der Waals surface area (Å²) in [5.41, 5.74) is 0. The van der Waals surface area contributed by atoms with Crippen LogP contribution in [0.2, 0.25) is 0 Å². The van der Waals surface area contributed by atoms with E-state index in [0.29, 0.717) is 0 Å². The lowest BCUT2D eigenvalue weighted by atomic mass is 9.98. The SMILES string of the molecule is C=CCCCCCNCC(C)C(C)C. The quantitative estimate of drug-likeness (QED) is 0.440. The molecule has 0 amide bonds. The molecule has 0 bridgehead atoms. The maximum absolute atomic E-state index is 3.72. The molecule has 0 aromatic heterocycles. The molecule has 0 aliphatic carbocycles. The van der Waals surface area contributed by atoms with Gasteiger partial charge in [0.1, 0.15) is 0 Å². The molecule has 0 spiro atoms. The zero-order valence-corrected chi connectivity index (χ0v) is 10.2. The molecular weight excluding hydrogens is 170 g/mol. The van der Waals surface area contributed by atoms with Gasteiger partial charge in [0.2, 0.25) is 0 Å². The van der Waals surface area contributed by atoms with Crippen LogP contribution in [0.3, 0.4) is 0 Å². The van der Waals surface area contributed by atoms with E-state index in [1.165, 1.54) is 38.8 Å². The van der Waals surface area contributed by atoms with Crippen LogP contribution in [0.4, 0.5) is 0 Å². The minimum Gasteiger partial charge on any atom is -0.316 e. The van der Waals surface area contributed by atoms with Crippen LogP contribution < -0.4 is 5.32 Å². The Bertz CT molecular complexity index is 129. The van der Waals surface area contributed by atoms with E-state index < -0.39 is 0 Å². The molecule has 0 saturated heterocycles. The standard InChI is InChI=1S/C13H27N/c1-5-6-7-8-9-10-14-11-13(4)12(2)3/h5,12-14H,1,6-11H2,2-4H3. The molecule has 0 aliphatic rings. The summed E-state index contributed by atoms with van der Waals surface area (Å²) in [5, 5.41) is 3.52. The Hall–Kier alpha value is -0.300. The number of rotatable bonds is 9. The van der Waals surface area contributed by atoms with E-state index in [2.05, 4.69) is 32.7 Å². The maximum atomic E-state index is 3.72. The molecule has 1 unspecified atom stereocenters. The predicted molar refractivity (Wildman–Crippen MR) is 65.5 cm³/mol. The fraction of sp³-hybridized carbons (Fsp3) is 0.846. The highest BCUT2D eigenvalue weighted by atomic mass is 14.8. The normalized spacial score (nSPS) is 13.1. The van der Waals surface area contributed by atoms with Gasteiger partial charge in [-0.15, -0.1) is 6.58 Å². The van der Waals surface area contributed by atoms with Crippen molar-refractivity contribution in [3.8, 4) is 0 Å². The van der Waals surface area contributed by atoms with Gasteiger partial charge in [-0.05, 0) is 44.2 Å². The molecule has 1 heteroatoms. The second-order valence-corrected chi connectivity index (χ2v) is 4.56. The summed E-state index contributed by atoms with van der Waals surface area (Å²) in [6, 6.07) is 0. The van der Waals surface area contributed by atoms with E-state index in [1.54, 1.807) is 0 Å². The summed E-state index contributed by atoms with van der Waals surface area (Å²) in [6.07, 6.45) is 7.11. The Morgan fingerprint density at radius 1 is 1.14 bits per heavy atom. The van der Waals surface area contributed by atoms with Crippen molar-refractivity contribution in [2.75, 3.05) is 13.1 Å². The highest BCUT2D eigenvalue weighted by Crippen LogP contribution is 2.07. The highest BCUT2D eigenvalue weighted by molar-refractivity contribution is 4.66. The van der Waals surface area contributed by atoms with E-state index in [1.807, 2.05) is 6.08 Å². The third-order valence-corrected chi connectivity index (χ3v) is 2.87. The van der Waals surface area contributed by atoms with Crippen LogP contribution in [-0.4, -0.2) is 13.1 Å². The largest absolute Gasteiger partial charge is 0.316 e. The minimum atomic E-state index is 0.795. The van der Waals surface area contributed by atoms with Crippen molar-refractivity contribution in [1.82, 2.24) is 5.32 Å². The molecule has 0 fully saturated rings. The van der Waals surface area contributed by atoms with Gasteiger partial charge in [-0.25, -0.2) is 0 Å². The first kappa shape index (κ1) is 13.7. The highest BCUT2D eigenvalue weighted by Gasteiger charge is 2.04. The lowest BCUT2D eigenvalue weighted by Crippen LogP contribution is -2.25. The van der Waals surface area contributed by atoms with Gasteiger partial charge in [-0.2, -0.15) is 0 Å². The number of nitrogens with one attached hydrogen (secondary N) is 1. The molecule has 0 aliphatic heterocycles. The topological polar surface area (TPSA) is 12.0 Å². The Morgan fingerprint density at radius 3 is 2.43 bits per heavy atom. The van der Waals surface area contributed by atoms with Crippen LogP contribution in [0.15, 0.2) is 12.7 Å². The van der Waals surface area contributed by atoms with Gasteiger partial charge in [-0.1, -0.05) is 33.3 Å². The van der Waals surface area contributed by atoms with E-state index >= 15 is 0 Å². The van der Waals surface area contributed by atoms with Crippen molar-refractivity contribution in [2.45, 2.75) is 46.5 Å². The van der Waals surface area contributed by atoms with Crippen molar-refractivity contribution in [3.05, 3.63) is 12.7 Å². The van der Waals surface area contributed by atoms with E-state index in [-0.39, 0.29) is 0 Å². The van der Waals surface area contributed by atoms with Gasteiger partial charge in [0.15, 0.2) is 0 Å². The van der Waals surface area contributed by atoms with Gasteiger partial charge >= 0.3 is 0 Å². The Kier molecular flexibility index (Phi) is 9.06. The Morgan fingerprint density at radius 2 is 1.86 bits per heavy atom. The number of hydrogen-bond donors (Lipinski definition) is 1. The van der Waals surface area contributed by atoms with Gasteiger partial charge in [0, 0.05) is 0 Å². The van der Waals surface area contributed by atoms with Crippen LogP contribution in [0.1, 0.15) is 46.5 Å². The Labute approximate surface area is 90.0 Å². The van der Waals surface area contributed by atoms with E-state index in [9.17, 15) is 0 Å². The molecule has 0 heterocycles. The molecule has 0 aromatic carbocycles. The van der Waals surface area contributed by atoms with Crippen LogP contribution >= 0.6 is 0 Å². The number of hydrogen-bond acceptors (Lipinski definition) is 1. The fourth-order valence-electron chi connectivity index (χ4n) is 1.28. The molecule has 0 rings (SSSR count). The van der Waals surface area contributed by atoms with Crippen LogP contribution in [0.5, 0.6) is 0 Å². The van der Waals surface area contributed by atoms with Crippen LogP contribution in [0, 0.1) is 11.8 Å². The zero-order chi connectivity index (χ0) is 10.8. The zero-order valence-electron chi connectivity index (χ0n) is 10.2. The summed E-state index contributed by atoms with van der Waals surface area (Å²) in [4.78, 5) is 0. The lowest BCUT2D eigenvalue weighted by molar-refractivity contribution is 0.391. The second kappa shape index (κ2) is 9.26. The monoisotopic (exact) mass is 197 g/mol. The first-order chi connectivity index (χ1) is 6.68. The van der Waals surface area contributed by atoms with E-state index in [4.69, 9.17) is 0 Å². The minimum absolute atomic E-state index is 0.795. The average Bonchev–Trinajstić information content (AvgIpc) is 2.16. The Balaban J connectivity index is 3.09. The average molecular weight is 197 g/mol. The fourth-order valence-corrected chi connectivity index (χ4v) is 1.28. The molecule has 1 N–H and O–H groups in total. The third-order valence-electron chi connectivity index (χ3n) is 2.87. The summed E-state index contributed by atoms with van der Waals surface area (Å²) in [5.74, 6) is 1.59. The molecule has 0 radical (unpaired) electrons. The summed E-state index contributed by atoms with van der Waals surface area (Å²) in [7, 11) is 0. The van der Waals surface area contributed by atoms with Crippen LogP contribution in [-0.2, 0) is 0 Å². The molecule has 0 aromatic rings. The lowest BCUT2D eigenvalue weighted by Gasteiger charge is -2.15. The number of allylic oxidation sites excluding steroid dienone is 1. The molecule has 14 heavy (non-hydrogen) atoms. The second-order valence-electron chi connectivity index (χ2n) is 4.56. The summed E-state index contributed by atoms with van der Waals surface area (Å²) < 4.78 is 0. The van der Waals surface area contributed by atoms with Gasteiger partial charge in [-0.3, -0.25) is 0 Å². The van der Waals surface area contributed by atoms with Gasteiger partial charge < -0.3 is 5.32 Å². The molecule has 1 atom stereocenters. The van der Waals surface area contributed by atoms with E-state index in [0.717, 1.165) is 11.8 Å². The van der Waals surface area contributed by atoms with Crippen molar-refractivity contribution in [3.63, 3.8) is 0 Å².